The number of rotatable bonds is 5. The minimum absolute atomic E-state index is 0.147. The van der Waals surface area contributed by atoms with Gasteiger partial charge in [-0.05, 0) is 38.1 Å². The molecule has 2 heterocycles. The molecule has 24 heavy (non-hydrogen) atoms. The zero-order valence-electron chi connectivity index (χ0n) is 13.6. The highest BCUT2D eigenvalue weighted by molar-refractivity contribution is 5.90. The molecule has 0 fully saturated rings. The van der Waals surface area contributed by atoms with Crippen LogP contribution in [0.5, 0.6) is 5.75 Å². The van der Waals surface area contributed by atoms with Gasteiger partial charge in [0.2, 0.25) is 5.91 Å². The Morgan fingerprint density at radius 1 is 1.42 bits per heavy atom. The number of amides is 1. The molecule has 7 nitrogen and oxygen atoms in total. The Morgan fingerprint density at radius 3 is 2.88 bits per heavy atom. The molecule has 0 unspecified atom stereocenters. The highest BCUT2D eigenvalue weighted by Crippen LogP contribution is 2.26. The van der Waals surface area contributed by atoms with Crippen molar-refractivity contribution in [1.82, 2.24) is 9.78 Å². The standard InChI is InChI=1S/C17H19N3O4/c1-3-23-14-6-4-13(5-7-14)18-15(21)9-20-16(22)8-12-10-24-11(2)17(12)19-20/h4-8,11H,3,9-10H2,1-2H3,(H,18,21)/t11-/m0/s1. The number of carbonyl (C=O) groups excluding carboxylic acids is 1. The van der Waals surface area contributed by atoms with Crippen molar-refractivity contribution in [3.05, 3.63) is 51.9 Å². The minimum Gasteiger partial charge on any atom is -0.494 e. The lowest BCUT2D eigenvalue weighted by atomic mass is 10.2. The largest absolute Gasteiger partial charge is 0.494 e. The summed E-state index contributed by atoms with van der Waals surface area (Å²) in [7, 11) is 0. The molecule has 1 aliphatic heterocycles. The molecule has 1 N–H and O–H groups in total. The molecule has 1 atom stereocenters. The van der Waals surface area contributed by atoms with Gasteiger partial charge >= 0.3 is 0 Å². The van der Waals surface area contributed by atoms with E-state index < -0.39 is 0 Å². The second-order valence-electron chi connectivity index (χ2n) is 5.51. The van der Waals surface area contributed by atoms with E-state index in [9.17, 15) is 9.59 Å². The first-order valence-corrected chi connectivity index (χ1v) is 7.82. The number of aromatic nitrogens is 2. The van der Waals surface area contributed by atoms with Crippen LogP contribution in [0.3, 0.4) is 0 Å². The van der Waals surface area contributed by atoms with Gasteiger partial charge in [0.15, 0.2) is 0 Å². The summed E-state index contributed by atoms with van der Waals surface area (Å²) >= 11 is 0. The van der Waals surface area contributed by atoms with Gasteiger partial charge in [-0.25, -0.2) is 4.68 Å². The molecule has 0 saturated heterocycles. The molecule has 7 heteroatoms. The Hall–Kier alpha value is -2.67. The van der Waals surface area contributed by atoms with Crippen molar-refractivity contribution < 1.29 is 14.3 Å². The summed E-state index contributed by atoms with van der Waals surface area (Å²) in [4.78, 5) is 24.2. The van der Waals surface area contributed by atoms with Crippen molar-refractivity contribution in [1.29, 1.82) is 0 Å². The third kappa shape index (κ3) is 3.46. The predicted octanol–water partition coefficient (Wildman–Crippen LogP) is 1.87. The number of hydrogen-bond donors (Lipinski definition) is 1. The van der Waals surface area contributed by atoms with Crippen LogP contribution in [-0.4, -0.2) is 22.3 Å². The smallest absolute Gasteiger partial charge is 0.267 e. The summed E-state index contributed by atoms with van der Waals surface area (Å²) < 4.78 is 11.9. The molecule has 3 rings (SSSR count). The van der Waals surface area contributed by atoms with Crippen LogP contribution in [0.2, 0.25) is 0 Å². The molecule has 0 radical (unpaired) electrons. The average molecular weight is 329 g/mol. The van der Waals surface area contributed by atoms with Crippen molar-refractivity contribution >= 4 is 11.6 Å². The fourth-order valence-corrected chi connectivity index (χ4v) is 2.54. The number of nitrogens with one attached hydrogen (secondary N) is 1. The Kier molecular flexibility index (Phi) is 4.61. The Bertz CT molecular complexity index is 798. The molecule has 0 saturated carbocycles. The lowest BCUT2D eigenvalue weighted by Crippen LogP contribution is -2.30. The summed E-state index contributed by atoms with van der Waals surface area (Å²) in [6.45, 7) is 4.60. The van der Waals surface area contributed by atoms with Crippen LogP contribution in [0.15, 0.2) is 35.1 Å². The van der Waals surface area contributed by atoms with Crippen molar-refractivity contribution in [3.8, 4) is 5.75 Å². The van der Waals surface area contributed by atoms with Crippen LogP contribution in [0.4, 0.5) is 5.69 Å². The van der Waals surface area contributed by atoms with Gasteiger partial charge < -0.3 is 14.8 Å². The fourth-order valence-electron chi connectivity index (χ4n) is 2.54. The topological polar surface area (TPSA) is 82.5 Å². The molecule has 126 valence electrons. The number of carbonyl (C=O) groups is 1. The Balaban J connectivity index is 1.69. The van der Waals surface area contributed by atoms with E-state index in [0.717, 1.165) is 16.0 Å². The highest BCUT2D eigenvalue weighted by atomic mass is 16.5. The van der Waals surface area contributed by atoms with E-state index in [4.69, 9.17) is 9.47 Å². The summed E-state index contributed by atoms with van der Waals surface area (Å²) in [5.41, 5.74) is 1.82. The molecule has 1 aromatic carbocycles. The molecule has 1 aliphatic rings. The Morgan fingerprint density at radius 2 is 2.17 bits per heavy atom. The zero-order valence-corrected chi connectivity index (χ0v) is 13.6. The van der Waals surface area contributed by atoms with Crippen molar-refractivity contribution in [3.63, 3.8) is 0 Å². The SMILES string of the molecule is CCOc1ccc(NC(=O)Cn2nc3c(cc2=O)CO[C@H]3C)cc1. The van der Waals surface area contributed by atoms with Crippen molar-refractivity contribution in [2.75, 3.05) is 11.9 Å². The zero-order chi connectivity index (χ0) is 17.1. The fraction of sp³-hybridized carbons (Fsp3) is 0.353. The van der Waals surface area contributed by atoms with Gasteiger partial charge in [-0.3, -0.25) is 9.59 Å². The summed E-state index contributed by atoms with van der Waals surface area (Å²) in [6.07, 6.45) is -0.166. The third-order valence-corrected chi connectivity index (χ3v) is 3.73. The number of hydrogen-bond acceptors (Lipinski definition) is 5. The predicted molar refractivity (Wildman–Crippen MR) is 87.9 cm³/mol. The second-order valence-corrected chi connectivity index (χ2v) is 5.51. The second kappa shape index (κ2) is 6.84. The van der Waals surface area contributed by atoms with Crippen LogP contribution in [0.1, 0.15) is 31.2 Å². The van der Waals surface area contributed by atoms with Gasteiger partial charge in [0, 0.05) is 17.3 Å². The van der Waals surface area contributed by atoms with Crippen molar-refractivity contribution in [2.45, 2.75) is 33.1 Å². The maximum Gasteiger partial charge on any atom is 0.267 e. The molecule has 0 spiro atoms. The van der Waals surface area contributed by atoms with E-state index in [0.29, 0.717) is 24.6 Å². The van der Waals surface area contributed by atoms with Crippen LogP contribution < -0.4 is 15.6 Å². The van der Waals surface area contributed by atoms with Gasteiger partial charge in [0.05, 0.1) is 25.0 Å². The number of fused-ring (bicyclic) bond motifs is 1. The number of nitrogens with zero attached hydrogens (tertiary/aromatic N) is 2. The van der Waals surface area contributed by atoms with Crippen LogP contribution >= 0.6 is 0 Å². The average Bonchev–Trinajstić information content (AvgIpc) is 2.90. The molecular weight excluding hydrogens is 310 g/mol. The number of ether oxygens (including phenoxy) is 2. The first kappa shape index (κ1) is 16.2. The van der Waals surface area contributed by atoms with Gasteiger partial charge in [0.25, 0.3) is 5.56 Å². The normalized spacial score (nSPS) is 15.8. The molecule has 0 bridgehead atoms. The number of anilines is 1. The van der Waals surface area contributed by atoms with Crippen LogP contribution in [0.25, 0.3) is 0 Å². The molecule has 1 aromatic heterocycles. The lowest BCUT2D eigenvalue weighted by Gasteiger charge is -2.09. The highest BCUT2D eigenvalue weighted by Gasteiger charge is 2.23. The quantitative estimate of drug-likeness (QED) is 0.905. The first-order valence-electron chi connectivity index (χ1n) is 7.82. The first-order chi connectivity index (χ1) is 11.6. The molecule has 1 amide bonds. The monoisotopic (exact) mass is 329 g/mol. The summed E-state index contributed by atoms with van der Waals surface area (Å²) in [6, 6.07) is 8.53. The van der Waals surface area contributed by atoms with Gasteiger partial charge in [-0.1, -0.05) is 0 Å². The Labute approximate surface area is 139 Å². The van der Waals surface area contributed by atoms with Crippen molar-refractivity contribution in [2.24, 2.45) is 0 Å². The van der Waals surface area contributed by atoms with Gasteiger partial charge in [-0.15, -0.1) is 0 Å². The van der Waals surface area contributed by atoms with Crippen LogP contribution in [0, 0.1) is 0 Å². The summed E-state index contributed by atoms with van der Waals surface area (Å²) in [5.74, 6) is 0.418. The van der Waals surface area contributed by atoms with E-state index in [1.165, 1.54) is 6.07 Å². The summed E-state index contributed by atoms with van der Waals surface area (Å²) in [5, 5.41) is 6.99. The number of benzene rings is 1. The molecular formula is C17H19N3O4. The van der Waals surface area contributed by atoms with Gasteiger partial charge in [-0.2, -0.15) is 5.10 Å². The third-order valence-electron chi connectivity index (χ3n) is 3.73. The van der Waals surface area contributed by atoms with E-state index in [-0.39, 0.29) is 24.1 Å². The minimum atomic E-state index is -0.319. The van der Waals surface area contributed by atoms with E-state index in [2.05, 4.69) is 10.4 Å². The van der Waals surface area contributed by atoms with E-state index >= 15 is 0 Å². The molecule has 0 aliphatic carbocycles. The van der Waals surface area contributed by atoms with E-state index in [1.807, 2.05) is 13.8 Å². The van der Waals surface area contributed by atoms with E-state index in [1.54, 1.807) is 24.3 Å². The lowest BCUT2D eigenvalue weighted by molar-refractivity contribution is -0.117. The van der Waals surface area contributed by atoms with Crippen LogP contribution in [-0.2, 0) is 22.7 Å². The maximum absolute atomic E-state index is 12.2. The maximum atomic E-state index is 12.2. The van der Waals surface area contributed by atoms with Gasteiger partial charge in [0.1, 0.15) is 12.3 Å². The molecule has 2 aromatic rings.